The lowest BCUT2D eigenvalue weighted by Gasteiger charge is -2.09. The molecule has 0 atom stereocenters. The molecule has 0 saturated carbocycles. The summed E-state index contributed by atoms with van der Waals surface area (Å²) in [5, 5.41) is 2.01. The molecule has 0 aliphatic heterocycles. The Hall–Kier alpha value is -1.83. The lowest BCUT2D eigenvalue weighted by Crippen LogP contribution is -1.98. The summed E-state index contributed by atoms with van der Waals surface area (Å²) in [4.78, 5) is 11.1. The lowest BCUT2D eigenvalue weighted by atomic mass is 10.0. The highest BCUT2D eigenvalue weighted by molar-refractivity contribution is 6.00. The Morgan fingerprint density at radius 3 is 2.75 bits per heavy atom. The van der Waals surface area contributed by atoms with E-state index in [1.165, 1.54) is 0 Å². The van der Waals surface area contributed by atoms with Crippen LogP contribution in [0.5, 0.6) is 5.75 Å². The minimum absolute atomic E-state index is 0.638. The third kappa shape index (κ3) is 1.91. The van der Waals surface area contributed by atoms with Gasteiger partial charge in [-0.15, -0.1) is 0 Å². The summed E-state index contributed by atoms with van der Waals surface area (Å²) in [7, 11) is 0. The number of aldehydes is 1. The maximum Gasteiger partial charge on any atom is 0.154 e. The molecule has 0 bridgehead atoms. The number of hydrogen-bond acceptors (Lipinski definition) is 2. The van der Waals surface area contributed by atoms with Crippen LogP contribution in [-0.4, -0.2) is 12.9 Å². The van der Waals surface area contributed by atoms with Crippen molar-refractivity contribution in [2.45, 2.75) is 13.3 Å². The van der Waals surface area contributed by atoms with Crippen LogP contribution in [0.4, 0.5) is 0 Å². The van der Waals surface area contributed by atoms with Crippen LogP contribution < -0.4 is 4.74 Å². The maximum atomic E-state index is 11.1. The van der Waals surface area contributed by atoms with Crippen molar-refractivity contribution in [2.24, 2.45) is 0 Å². The third-order valence-electron chi connectivity index (χ3n) is 2.51. The molecule has 0 aromatic heterocycles. The fraction of sp³-hybridized carbons (Fsp3) is 0.214. The molecule has 2 rings (SSSR count). The summed E-state index contributed by atoms with van der Waals surface area (Å²) >= 11 is 0. The van der Waals surface area contributed by atoms with Crippen LogP contribution in [0.25, 0.3) is 10.8 Å². The molecule has 16 heavy (non-hydrogen) atoms. The molecule has 0 radical (unpaired) electrons. The van der Waals surface area contributed by atoms with E-state index in [0.29, 0.717) is 17.9 Å². The number of fused-ring (bicyclic) bond motifs is 1. The van der Waals surface area contributed by atoms with Crippen LogP contribution in [0.2, 0.25) is 0 Å². The van der Waals surface area contributed by atoms with Crippen molar-refractivity contribution in [1.82, 2.24) is 0 Å². The van der Waals surface area contributed by atoms with Gasteiger partial charge in [0.15, 0.2) is 6.29 Å². The van der Waals surface area contributed by atoms with Gasteiger partial charge in [0.25, 0.3) is 0 Å². The topological polar surface area (TPSA) is 26.3 Å². The number of hydrogen-bond donors (Lipinski definition) is 0. The summed E-state index contributed by atoms with van der Waals surface area (Å²) < 4.78 is 5.55. The molecule has 0 spiro atoms. The van der Waals surface area contributed by atoms with Crippen LogP contribution in [-0.2, 0) is 0 Å². The molecule has 0 aliphatic rings. The molecule has 82 valence electrons. The van der Waals surface area contributed by atoms with Crippen molar-refractivity contribution in [3.63, 3.8) is 0 Å². The Morgan fingerprint density at radius 2 is 2.00 bits per heavy atom. The van der Waals surface area contributed by atoms with Crippen LogP contribution in [0.15, 0.2) is 36.4 Å². The number of benzene rings is 2. The zero-order valence-electron chi connectivity index (χ0n) is 9.27. The van der Waals surface area contributed by atoms with E-state index < -0.39 is 0 Å². The van der Waals surface area contributed by atoms with Gasteiger partial charge in [0.1, 0.15) is 5.75 Å². The van der Waals surface area contributed by atoms with E-state index in [4.69, 9.17) is 4.74 Å². The lowest BCUT2D eigenvalue weighted by molar-refractivity contribution is 0.112. The van der Waals surface area contributed by atoms with Crippen LogP contribution in [0.3, 0.4) is 0 Å². The second-order valence-corrected chi connectivity index (χ2v) is 3.66. The van der Waals surface area contributed by atoms with Crippen molar-refractivity contribution in [1.29, 1.82) is 0 Å². The van der Waals surface area contributed by atoms with E-state index in [2.05, 4.69) is 0 Å². The fourth-order valence-corrected chi connectivity index (χ4v) is 1.74. The van der Waals surface area contributed by atoms with Gasteiger partial charge in [-0.05, 0) is 23.3 Å². The molecule has 0 N–H and O–H groups in total. The standard InChI is InChI=1S/C14H14O2/c1-2-9-16-14-8-7-11-5-3-4-6-12(11)13(14)10-15/h3-8,10H,2,9H2,1H3. The number of ether oxygens (including phenoxy) is 1. The molecule has 2 heteroatoms. The van der Waals surface area contributed by atoms with Gasteiger partial charge < -0.3 is 4.74 Å². The highest BCUT2D eigenvalue weighted by atomic mass is 16.5. The summed E-state index contributed by atoms with van der Waals surface area (Å²) in [5.74, 6) is 0.676. The first-order valence-electron chi connectivity index (χ1n) is 5.46. The molecular formula is C14H14O2. The van der Waals surface area contributed by atoms with Crippen molar-refractivity contribution in [3.05, 3.63) is 42.0 Å². The van der Waals surface area contributed by atoms with Crippen molar-refractivity contribution in [3.8, 4) is 5.75 Å². The predicted octanol–water partition coefficient (Wildman–Crippen LogP) is 3.44. The molecule has 2 aromatic rings. The smallest absolute Gasteiger partial charge is 0.154 e. The Bertz CT molecular complexity index is 503. The number of carbonyl (C=O) groups is 1. The molecule has 0 amide bonds. The number of rotatable bonds is 4. The van der Waals surface area contributed by atoms with E-state index >= 15 is 0 Å². The maximum absolute atomic E-state index is 11.1. The van der Waals surface area contributed by atoms with Gasteiger partial charge in [-0.25, -0.2) is 0 Å². The number of carbonyl (C=O) groups excluding carboxylic acids is 1. The van der Waals surface area contributed by atoms with E-state index in [0.717, 1.165) is 23.5 Å². The first-order chi connectivity index (χ1) is 7.86. The van der Waals surface area contributed by atoms with Gasteiger partial charge in [0.2, 0.25) is 0 Å². The van der Waals surface area contributed by atoms with Crippen LogP contribution in [0.1, 0.15) is 23.7 Å². The van der Waals surface area contributed by atoms with E-state index in [1.807, 2.05) is 43.3 Å². The van der Waals surface area contributed by atoms with Gasteiger partial charge in [-0.2, -0.15) is 0 Å². The SMILES string of the molecule is CCCOc1ccc2ccccc2c1C=O. The quantitative estimate of drug-likeness (QED) is 0.729. The van der Waals surface area contributed by atoms with Crippen molar-refractivity contribution in [2.75, 3.05) is 6.61 Å². The molecule has 0 unspecified atom stereocenters. The molecular weight excluding hydrogens is 200 g/mol. The van der Waals surface area contributed by atoms with Gasteiger partial charge in [0, 0.05) is 0 Å². The Kier molecular flexibility index (Phi) is 3.20. The average molecular weight is 214 g/mol. The van der Waals surface area contributed by atoms with Crippen LogP contribution >= 0.6 is 0 Å². The second-order valence-electron chi connectivity index (χ2n) is 3.66. The first kappa shape index (κ1) is 10.7. The Labute approximate surface area is 94.8 Å². The minimum atomic E-state index is 0.638. The fourth-order valence-electron chi connectivity index (χ4n) is 1.74. The minimum Gasteiger partial charge on any atom is -0.493 e. The first-order valence-corrected chi connectivity index (χ1v) is 5.46. The van der Waals surface area contributed by atoms with Gasteiger partial charge in [0.05, 0.1) is 12.2 Å². The van der Waals surface area contributed by atoms with Crippen LogP contribution in [0, 0.1) is 0 Å². The Balaban J connectivity index is 2.54. The van der Waals surface area contributed by atoms with Gasteiger partial charge in [-0.3, -0.25) is 4.79 Å². The second kappa shape index (κ2) is 4.79. The predicted molar refractivity (Wildman–Crippen MR) is 65.1 cm³/mol. The van der Waals surface area contributed by atoms with Crippen molar-refractivity contribution >= 4 is 17.1 Å². The third-order valence-corrected chi connectivity index (χ3v) is 2.51. The monoisotopic (exact) mass is 214 g/mol. The van der Waals surface area contributed by atoms with E-state index in [-0.39, 0.29) is 0 Å². The molecule has 0 saturated heterocycles. The molecule has 0 heterocycles. The highest BCUT2D eigenvalue weighted by Gasteiger charge is 2.07. The largest absolute Gasteiger partial charge is 0.493 e. The summed E-state index contributed by atoms with van der Waals surface area (Å²) in [6.45, 7) is 2.68. The molecule has 0 fully saturated rings. The zero-order chi connectivity index (χ0) is 11.4. The highest BCUT2D eigenvalue weighted by Crippen LogP contribution is 2.26. The van der Waals surface area contributed by atoms with E-state index in [9.17, 15) is 4.79 Å². The van der Waals surface area contributed by atoms with E-state index in [1.54, 1.807) is 0 Å². The summed E-state index contributed by atoms with van der Waals surface area (Å²) in [6, 6.07) is 11.7. The van der Waals surface area contributed by atoms with Gasteiger partial charge >= 0.3 is 0 Å². The summed E-state index contributed by atoms with van der Waals surface area (Å²) in [6.07, 6.45) is 1.80. The van der Waals surface area contributed by atoms with Gasteiger partial charge in [-0.1, -0.05) is 37.3 Å². The summed E-state index contributed by atoms with van der Waals surface area (Å²) in [5.41, 5.74) is 0.645. The zero-order valence-corrected chi connectivity index (χ0v) is 9.27. The normalized spacial score (nSPS) is 10.3. The van der Waals surface area contributed by atoms with Crippen molar-refractivity contribution < 1.29 is 9.53 Å². The molecule has 2 nitrogen and oxygen atoms in total. The average Bonchev–Trinajstić information content (AvgIpc) is 2.35. The molecule has 2 aromatic carbocycles. The molecule has 0 aliphatic carbocycles. The Morgan fingerprint density at radius 1 is 1.19 bits per heavy atom.